The molecule has 0 amide bonds. The molecule has 0 spiro atoms. The molecule has 0 saturated carbocycles. The molecule has 0 aliphatic heterocycles. The molecular weight excluding hydrogens is 208 g/mol. The molecule has 0 radical (unpaired) electrons. The van der Waals surface area contributed by atoms with Crippen LogP contribution in [0.1, 0.15) is 21.0 Å². The first-order chi connectivity index (χ1) is 7.83. The van der Waals surface area contributed by atoms with E-state index in [0.717, 1.165) is 0 Å². The molecule has 0 fully saturated rings. The molecule has 0 aromatic carbocycles. The number of rotatable bonds is 3. The van der Waals surface area contributed by atoms with E-state index in [4.69, 9.17) is 0 Å². The van der Waals surface area contributed by atoms with E-state index in [1.165, 1.54) is 24.5 Å². The van der Waals surface area contributed by atoms with E-state index >= 15 is 0 Å². The first-order valence-electron chi connectivity index (χ1n) is 4.40. The molecule has 2 heterocycles. The highest BCUT2D eigenvalue weighted by atomic mass is 16.1. The molecule has 0 aliphatic rings. The van der Waals surface area contributed by atoms with Gasteiger partial charge in [-0.05, 0) is 12.1 Å². The van der Waals surface area contributed by atoms with Gasteiger partial charge in [-0.1, -0.05) is 0 Å². The van der Waals surface area contributed by atoms with Crippen LogP contribution < -0.4 is 0 Å². The van der Waals surface area contributed by atoms with Crippen molar-refractivity contribution in [2.24, 2.45) is 0 Å². The van der Waals surface area contributed by atoms with E-state index in [1.807, 2.05) is 0 Å². The van der Waals surface area contributed by atoms with Crippen molar-refractivity contribution >= 4 is 12.6 Å². The summed E-state index contributed by atoms with van der Waals surface area (Å²) in [5, 5.41) is 0. The summed E-state index contributed by atoms with van der Waals surface area (Å²) in [4.78, 5) is 36.7. The van der Waals surface area contributed by atoms with E-state index in [9.17, 15) is 9.59 Å². The molecule has 2 aromatic rings. The normalized spacial score (nSPS) is 9.75. The van der Waals surface area contributed by atoms with Crippen molar-refractivity contribution in [2.75, 3.05) is 0 Å². The van der Waals surface area contributed by atoms with E-state index in [0.29, 0.717) is 12.6 Å². The standard InChI is InChI=1S/C10H6N4O2/c15-5-7-1-3-11-9(13-7)10-12-4-2-8(6-16)14-10/h1-6H. The quantitative estimate of drug-likeness (QED) is 0.694. The van der Waals surface area contributed by atoms with Crippen LogP contribution in [0.5, 0.6) is 0 Å². The Balaban J connectivity index is 2.49. The Morgan fingerprint density at radius 1 is 0.812 bits per heavy atom. The summed E-state index contributed by atoms with van der Waals surface area (Å²) in [5.41, 5.74) is 0.482. The lowest BCUT2D eigenvalue weighted by Gasteiger charge is -1.98. The van der Waals surface area contributed by atoms with Crippen LogP contribution >= 0.6 is 0 Å². The fraction of sp³-hybridized carbons (Fsp3) is 0. The minimum Gasteiger partial charge on any atom is -0.296 e. The maximum Gasteiger partial charge on any atom is 0.198 e. The van der Waals surface area contributed by atoms with E-state index in [-0.39, 0.29) is 23.0 Å². The second-order valence-electron chi connectivity index (χ2n) is 2.85. The molecule has 6 heteroatoms. The van der Waals surface area contributed by atoms with Crippen LogP contribution in [0, 0.1) is 0 Å². The van der Waals surface area contributed by atoms with Gasteiger partial charge in [0.05, 0.1) is 0 Å². The van der Waals surface area contributed by atoms with E-state index in [1.54, 1.807) is 0 Å². The van der Waals surface area contributed by atoms with Gasteiger partial charge in [-0.25, -0.2) is 19.9 Å². The summed E-state index contributed by atoms with van der Waals surface area (Å²) in [6, 6.07) is 2.94. The van der Waals surface area contributed by atoms with Crippen LogP contribution in [-0.2, 0) is 0 Å². The van der Waals surface area contributed by atoms with E-state index in [2.05, 4.69) is 19.9 Å². The lowest BCUT2D eigenvalue weighted by atomic mass is 10.4. The van der Waals surface area contributed by atoms with Crippen molar-refractivity contribution in [1.29, 1.82) is 0 Å². The monoisotopic (exact) mass is 214 g/mol. The molecule has 0 aliphatic carbocycles. The fourth-order valence-corrected chi connectivity index (χ4v) is 1.09. The molecule has 2 aromatic heterocycles. The summed E-state index contributed by atoms with van der Waals surface area (Å²) in [6.07, 6.45) is 4.08. The van der Waals surface area contributed by atoms with Gasteiger partial charge in [0.1, 0.15) is 11.4 Å². The number of hydrogen-bond acceptors (Lipinski definition) is 6. The molecule has 0 atom stereocenters. The van der Waals surface area contributed by atoms with Crippen molar-refractivity contribution < 1.29 is 9.59 Å². The van der Waals surface area contributed by atoms with Gasteiger partial charge >= 0.3 is 0 Å². The highest BCUT2D eigenvalue weighted by molar-refractivity contribution is 5.73. The zero-order valence-corrected chi connectivity index (χ0v) is 8.07. The minimum absolute atomic E-state index is 0.216. The lowest BCUT2D eigenvalue weighted by Crippen LogP contribution is -1.99. The average Bonchev–Trinajstić information content (AvgIpc) is 2.39. The summed E-state index contributed by atoms with van der Waals surface area (Å²) in [6.45, 7) is 0. The molecular formula is C10H6N4O2. The Hall–Kier alpha value is -2.50. The summed E-state index contributed by atoms with van der Waals surface area (Å²) >= 11 is 0. The maximum atomic E-state index is 10.5. The van der Waals surface area contributed by atoms with Gasteiger partial charge < -0.3 is 0 Å². The Morgan fingerprint density at radius 2 is 1.25 bits per heavy atom. The van der Waals surface area contributed by atoms with Gasteiger partial charge in [0.15, 0.2) is 24.2 Å². The number of nitrogens with zero attached hydrogens (tertiary/aromatic N) is 4. The third-order valence-electron chi connectivity index (χ3n) is 1.80. The largest absolute Gasteiger partial charge is 0.296 e. The number of carbonyl (C=O) groups is 2. The Labute approximate surface area is 90.4 Å². The van der Waals surface area contributed by atoms with Gasteiger partial charge in [0.25, 0.3) is 0 Å². The zero-order chi connectivity index (χ0) is 11.4. The Morgan fingerprint density at radius 3 is 1.62 bits per heavy atom. The minimum atomic E-state index is 0.216. The Bertz CT molecular complexity index is 492. The topological polar surface area (TPSA) is 85.7 Å². The van der Waals surface area contributed by atoms with Crippen LogP contribution in [0.4, 0.5) is 0 Å². The number of aldehydes is 2. The van der Waals surface area contributed by atoms with Crippen molar-refractivity contribution in [3.63, 3.8) is 0 Å². The predicted octanol–water partition coefficient (Wildman–Crippen LogP) is 0.559. The van der Waals surface area contributed by atoms with Gasteiger partial charge in [0.2, 0.25) is 0 Å². The van der Waals surface area contributed by atoms with Crippen LogP contribution in [0.3, 0.4) is 0 Å². The van der Waals surface area contributed by atoms with Crippen LogP contribution in [0.15, 0.2) is 24.5 Å². The highest BCUT2D eigenvalue weighted by Gasteiger charge is 2.06. The van der Waals surface area contributed by atoms with Crippen molar-refractivity contribution in [3.05, 3.63) is 35.9 Å². The summed E-state index contributed by atoms with van der Waals surface area (Å²) < 4.78 is 0. The number of aromatic nitrogens is 4. The van der Waals surface area contributed by atoms with Gasteiger partial charge in [0, 0.05) is 12.4 Å². The maximum absolute atomic E-state index is 10.5. The van der Waals surface area contributed by atoms with Crippen LogP contribution in [0.25, 0.3) is 11.6 Å². The number of carbonyl (C=O) groups excluding carboxylic acids is 2. The molecule has 0 unspecified atom stereocenters. The second-order valence-corrected chi connectivity index (χ2v) is 2.85. The molecule has 78 valence electrons. The molecule has 16 heavy (non-hydrogen) atoms. The third-order valence-corrected chi connectivity index (χ3v) is 1.80. The number of hydrogen-bond donors (Lipinski definition) is 0. The summed E-state index contributed by atoms with van der Waals surface area (Å²) in [5.74, 6) is 0.432. The van der Waals surface area contributed by atoms with Crippen LogP contribution in [-0.4, -0.2) is 32.5 Å². The smallest absolute Gasteiger partial charge is 0.198 e. The van der Waals surface area contributed by atoms with Crippen molar-refractivity contribution in [2.45, 2.75) is 0 Å². The van der Waals surface area contributed by atoms with Gasteiger partial charge in [-0.3, -0.25) is 9.59 Å². The van der Waals surface area contributed by atoms with Gasteiger partial charge in [-0.15, -0.1) is 0 Å². The average molecular weight is 214 g/mol. The molecule has 0 N–H and O–H groups in total. The second kappa shape index (κ2) is 4.35. The SMILES string of the molecule is O=Cc1ccnc(-c2nccc(C=O)n2)n1. The highest BCUT2D eigenvalue weighted by Crippen LogP contribution is 2.07. The first kappa shape index (κ1) is 10.0. The fourth-order valence-electron chi connectivity index (χ4n) is 1.09. The first-order valence-corrected chi connectivity index (χ1v) is 4.40. The van der Waals surface area contributed by atoms with Crippen molar-refractivity contribution in [3.8, 4) is 11.6 Å². The molecule has 0 saturated heterocycles. The zero-order valence-electron chi connectivity index (χ0n) is 8.07. The molecule has 2 rings (SSSR count). The lowest BCUT2D eigenvalue weighted by molar-refractivity contribution is 0.111. The molecule has 6 nitrogen and oxygen atoms in total. The molecule has 0 bridgehead atoms. The van der Waals surface area contributed by atoms with Crippen molar-refractivity contribution in [1.82, 2.24) is 19.9 Å². The van der Waals surface area contributed by atoms with Gasteiger partial charge in [-0.2, -0.15) is 0 Å². The van der Waals surface area contributed by atoms with E-state index < -0.39 is 0 Å². The third kappa shape index (κ3) is 1.95. The van der Waals surface area contributed by atoms with Crippen LogP contribution in [0.2, 0.25) is 0 Å². The summed E-state index contributed by atoms with van der Waals surface area (Å²) in [7, 11) is 0. The predicted molar refractivity (Wildman–Crippen MR) is 53.8 cm³/mol. The Kier molecular flexibility index (Phi) is 2.73.